The fourth-order valence-corrected chi connectivity index (χ4v) is 1.19. The van der Waals surface area contributed by atoms with Gasteiger partial charge >= 0.3 is 5.97 Å². The lowest BCUT2D eigenvalue weighted by Gasteiger charge is -1.92. The van der Waals surface area contributed by atoms with Gasteiger partial charge in [-0.2, -0.15) is 0 Å². The zero-order chi connectivity index (χ0) is 10.1. The summed E-state index contributed by atoms with van der Waals surface area (Å²) < 4.78 is 28.3. The Kier molecular flexibility index (Phi) is 2.34. The summed E-state index contributed by atoms with van der Waals surface area (Å²) in [5.74, 6) is -1.35. The highest BCUT2D eigenvalue weighted by atomic mass is 32.2. The molecule has 8 heteroatoms. The minimum absolute atomic E-state index is 0.450. The Labute approximate surface area is 73.4 Å². The Morgan fingerprint density at radius 3 is 2.69 bits per heavy atom. The maximum absolute atomic E-state index is 11.0. The molecule has 0 bridgehead atoms. The van der Waals surface area contributed by atoms with E-state index in [1.165, 1.54) is 7.05 Å². The lowest BCUT2D eigenvalue weighted by Crippen LogP contribution is -2.17. The molecule has 1 aromatic heterocycles. The lowest BCUT2D eigenvalue weighted by atomic mass is 10.5. The predicted molar refractivity (Wildman–Crippen MR) is 39.7 cm³/mol. The second-order valence-electron chi connectivity index (χ2n) is 2.04. The highest BCUT2D eigenvalue weighted by molar-refractivity contribution is 7.89. The van der Waals surface area contributed by atoms with Gasteiger partial charge in [0, 0.05) is 6.07 Å². The van der Waals surface area contributed by atoms with Crippen LogP contribution in [0.25, 0.3) is 0 Å². The van der Waals surface area contributed by atoms with E-state index in [9.17, 15) is 13.2 Å². The zero-order valence-electron chi connectivity index (χ0n) is 6.51. The van der Waals surface area contributed by atoms with Crippen molar-refractivity contribution in [3.63, 3.8) is 0 Å². The lowest BCUT2D eigenvalue weighted by molar-refractivity contribution is 0.0685. The molecule has 0 unspecified atom stereocenters. The first-order chi connectivity index (χ1) is 5.97. The minimum atomic E-state index is -3.75. The number of carbonyl (C=O) groups is 1. The average Bonchev–Trinajstić information content (AvgIpc) is 2.52. The van der Waals surface area contributed by atoms with Crippen LogP contribution in [-0.2, 0) is 10.0 Å². The van der Waals surface area contributed by atoms with E-state index in [1.807, 2.05) is 4.72 Å². The second-order valence-corrected chi connectivity index (χ2v) is 3.86. The number of sulfonamides is 1. The Balaban J connectivity index is 3.13. The van der Waals surface area contributed by atoms with Crippen LogP contribution >= 0.6 is 0 Å². The van der Waals surface area contributed by atoms with Crippen molar-refractivity contribution in [3.8, 4) is 0 Å². The summed E-state index contributed by atoms with van der Waals surface area (Å²) in [5, 5.41) is 10.9. The Morgan fingerprint density at radius 2 is 2.31 bits per heavy atom. The molecule has 1 heterocycles. The van der Waals surface area contributed by atoms with E-state index < -0.39 is 26.8 Å². The van der Waals surface area contributed by atoms with Gasteiger partial charge in [0.2, 0.25) is 0 Å². The molecule has 0 atom stereocenters. The molecule has 0 aliphatic carbocycles. The highest BCUT2D eigenvalue weighted by Gasteiger charge is 2.20. The van der Waals surface area contributed by atoms with E-state index in [2.05, 4.69) is 9.68 Å². The first-order valence-electron chi connectivity index (χ1n) is 3.11. The van der Waals surface area contributed by atoms with E-state index in [-0.39, 0.29) is 0 Å². The summed E-state index contributed by atoms with van der Waals surface area (Å²) in [6.45, 7) is 0. The summed E-state index contributed by atoms with van der Waals surface area (Å²) in [6.07, 6.45) is 0. The summed E-state index contributed by atoms with van der Waals surface area (Å²) in [4.78, 5) is 10.3. The average molecular weight is 206 g/mol. The first-order valence-corrected chi connectivity index (χ1v) is 4.59. The minimum Gasteiger partial charge on any atom is -0.476 e. The smallest absolute Gasteiger partial charge is 0.358 e. The van der Waals surface area contributed by atoms with E-state index in [1.54, 1.807) is 0 Å². The SMILES string of the molecule is CNS(=O)(=O)c1cc(C(=O)O)no1. The molecule has 0 amide bonds. The van der Waals surface area contributed by atoms with E-state index in [0.29, 0.717) is 0 Å². The van der Waals surface area contributed by atoms with Crippen LogP contribution in [-0.4, -0.2) is 31.7 Å². The molecular formula is C5H6N2O5S. The van der Waals surface area contributed by atoms with E-state index >= 15 is 0 Å². The number of nitrogens with one attached hydrogen (secondary N) is 1. The van der Waals surface area contributed by atoms with Crippen LogP contribution < -0.4 is 4.72 Å². The molecule has 0 aliphatic rings. The third-order valence-corrected chi connectivity index (χ3v) is 2.50. The molecule has 7 nitrogen and oxygen atoms in total. The van der Waals surface area contributed by atoms with Crippen molar-refractivity contribution < 1.29 is 22.8 Å². The summed E-state index contributed by atoms with van der Waals surface area (Å²) >= 11 is 0. The van der Waals surface area contributed by atoms with Gasteiger partial charge in [-0.25, -0.2) is 17.9 Å². The van der Waals surface area contributed by atoms with Gasteiger partial charge < -0.3 is 9.63 Å². The van der Waals surface area contributed by atoms with Gasteiger partial charge in [0.1, 0.15) is 0 Å². The van der Waals surface area contributed by atoms with Crippen LogP contribution in [0.4, 0.5) is 0 Å². The van der Waals surface area contributed by atoms with Crippen molar-refractivity contribution in [2.75, 3.05) is 7.05 Å². The third-order valence-electron chi connectivity index (χ3n) is 1.24. The number of hydrogen-bond donors (Lipinski definition) is 2. The van der Waals surface area contributed by atoms with Gasteiger partial charge in [0.15, 0.2) is 5.69 Å². The third kappa shape index (κ3) is 1.84. The van der Waals surface area contributed by atoms with Crippen molar-refractivity contribution in [2.45, 2.75) is 5.09 Å². The summed E-state index contributed by atoms with van der Waals surface area (Å²) in [7, 11) is -2.57. The van der Waals surface area contributed by atoms with Crippen LogP contribution in [0.2, 0.25) is 0 Å². The molecule has 0 spiro atoms. The van der Waals surface area contributed by atoms with Crippen LogP contribution in [0.5, 0.6) is 0 Å². The number of aromatic nitrogens is 1. The van der Waals surface area contributed by atoms with Gasteiger partial charge in [-0.15, -0.1) is 0 Å². The maximum Gasteiger partial charge on any atom is 0.358 e. The molecule has 1 rings (SSSR count). The van der Waals surface area contributed by atoms with Gasteiger partial charge in [-0.3, -0.25) is 0 Å². The topological polar surface area (TPSA) is 110 Å². The number of carboxylic acid groups (broad SMARTS) is 1. The molecule has 72 valence electrons. The van der Waals surface area contributed by atoms with Crippen molar-refractivity contribution in [1.82, 2.24) is 9.88 Å². The number of rotatable bonds is 3. The quantitative estimate of drug-likeness (QED) is 0.675. The normalized spacial score (nSPS) is 11.5. The van der Waals surface area contributed by atoms with Crippen LogP contribution in [0.3, 0.4) is 0 Å². The van der Waals surface area contributed by atoms with Gasteiger partial charge in [-0.05, 0) is 7.05 Å². The monoisotopic (exact) mass is 206 g/mol. The van der Waals surface area contributed by atoms with Crippen LogP contribution in [0.1, 0.15) is 10.5 Å². The number of nitrogens with zero attached hydrogens (tertiary/aromatic N) is 1. The number of hydrogen-bond acceptors (Lipinski definition) is 5. The summed E-state index contributed by atoms with van der Waals surface area (Å²) in [6, 6.07) is 0.828. The molecule has 0 aliphatic heterocycles. The van der Waals surface area contributed by atoms with E-state index in [0.717, 1.165) is 6.07 Å². The number of carboxylic acids is 1. The standard InChI is InChI=1S/C5H6N2O5S/c1-6-13(10,11)4-2-3(5(8)9)7-12-4/h2,6H,1H3,(H,8,9). The molecule has 0 aromatic carbocycles. The fraction of sp³-hybridized carbons (Fsp3) is 0.200. The Hall–Kier alpha value is -1.41. The highest BCUT2D eigenvalue weighted by Crippen LogP contribution is 2.09. The molecule has 13 heavy (non-hydrogen) atoms. The van der Waals surface area contributed by atoms with Crippen LogP contribution in [0, 0.1) is 0 Å². The molecule has 0 saturated heterocycles. The fourth-order valence-electron chi connectivity index (χ4n) is 0.587. The maximum atomic E-state index is 11.0. The van der Waals surface area contributed by atoms with Crippen molar-refractivity contribution in [3.05, 3.63) is 11.8 Å². The Morgan fingerprint density at radius 1 is 1.69 bits per heavy atom. The summed E-state index contributed by atoms with van der Waals surface area (Å²) in [5.41, 5.74) is -0.450. The van der Waals surface area contributed by atoms with Crippen molar-refractivity contribution >= 4 is 16.0 Å². The molecular weight excluding hydrogens is 200 g/mol. The van der Waals surface area contributed by atoms with Crippen molar-refractivity contribution in [1.29, 1.82) is 0 Å². The molecule has 0 saturated carbocycles. The second kappa shape index (κ2) is 3.15. The molecule has 0 fully saturated rings. The first kappa shape index (κ1) is 9.68. The van der Waals surface area contributed by atoms with Gasteiger partial charge in [0.05, 0.1) is 0 Å². The zero-order valence-corrected chi connectivity index (χ0v) is 7.33. The number of aromatic carboxylic acids is 1. The van der Waals surface area contributed by atoms with E-state index in [4.69, 9.17) is 5.11 Å². The molecule has 0 radical (unpaired) electrons. The van der Waals surface area contributed by atoms with Crippen LogP contribution in [0.15, 0.2) is 15.7 Å². The Bertz CT molecular complexity index is 420. The largest absolute Gasteiger partial charge is 0.476 e. The predicted octanol–water partition coefficient (Wildman–Crippen LogP) is -0.719. The van der Waals surface area contributed by atoms with Gasteiger partial charge in [0.25, 0.3) is 15.1 Å². The van der Waals surface area contributed by atoms with Crippen molar-refractivity contribution in [2.24, 2.45) is 0 Å². The van der Waals surface area contributed by atoms with Gasteiger partial charge in [-0.1, -0.05) is 5.16 Å². The molecule has 1 aromatic rings. The molecule has 2 N–H and O–H groups in total.